The molecule has 0 aliphatic carbocycles. The van der Waals surface area contributed by atoms with Gasteiger partial charge in [0.1, 0.15) is 12.7 Å². The van der Waals surface area contributed by atoms with Crippen molar-refractivity contribution in [1.29, 1.82) is 0 Å². The molecular formula is C30H23FN2O9. The summed E-state index contributed by atoms with van der Waals surface area (Å²) in [7, 11) is 0. The molecule has 11 nitrogen and oxygen atoms in total. The molecule has 4 atom stereocenters. The number of carbonyl (C=O) groups excluding carboxylic acids is 3. The van der Waals surface area contributed by atoms with E-state index in [4.69, 9.17) is 18.9 Å². The average Bonchev–Trinajstić information content (AvgIpc) is 3.34. The maximum absolute atomic E-state index is 14.3. The van der Waals surface area contributed by atoms with E-state index in [9.17, 15) is 28.4 Å². The number of ether oxygens (including phenoxy) is 4. The number of benzene rings is 3. The van der Waals surface area contributed by atoms with Gasteiger partial charge in [-0.1, -0.05) is 54.6 Å². The predicted molar refractivity (Wildman–Crippen MR) is 143 cm³/mol. The van der Waals surface area contributed by atoms with Crippen LogP contribution in [0.15, 0.2) is 107 Å². The lowest BCUT2D eigenvalue weighted by atomic mass is 10.1. The first-order chi connectivity index (χ1) is 20.3. The van der Waals surface area contributed by atoms with E-state index in [2.05, 4.69) is 0 Å². The first-order valence-corrected chi connectivity index (χ1v) is 12.7. The summed E-state index contributed by atoms with van der Waals surface area (Å²) in [6.07, 6.45) is -5.28. The van der Waals surface area contributed by atoms with Crippen molar-refractivity contribution in [3.63, 3.8) is 0 Å². The molecule has 1 aliphatic rings. The van der Waals surface area contributed by atoms with Gasteiger partial charge in [0.15, 0.2) is 18.4 Å². The molecule has 12 heteroatoms. The standard InChI is InChI=1S/C30H23FN2O9/c31-21-16-33(30(38)32-25(21)34)26-24(42-29(37)20-14-8-3-9-15-20)23(41-28(36)19-12-6-2-7-13-19)22(40-26)17-39-27(35)18-10-4-1-5-11-18/h1-16,22-24,26H,17H2,(H,32,34,38)/t22-,23-,24+,26-/m1/s1. The van der Waals surface area contributed by atoms with Gasteiger partial charge < -0.3 is 18.9 Å². The summed E-state index contributed by atoms with van der Waals surface area (Å²) < 4.78 is 37.8. The fourth-order valence-electron chi connectivity index (χ4n) is 4.33. The summed E-state index contributed by atoms with van der Waals surface area (Å²) in [6, 6.07) is 23.8. The van der Waals surface area contributed by atoms with E-state index >= 15 is 0 Å². The van der Waals surface area contributed by atoms with Crippen molar-refractivity contribution >= 4 is 17.9 Å². The highest BCUT2D eigenvalue weighted by Gasteiger charge is 2.51. The second-order valence-electron chi connectivity index (χ2n) is 9.15. The molecule has 1 aliphatic heterocycles. The van der Waals surface area contributed by atoms with Crippen molar-refractivity contribution in [1.82, 2.24) is 9.55 Å². The van der Waals surface area contributed by atoms with Crippen LogP contribution in [0.1, 0.15) is 37.3 Å². The van der Waals surface area contributed by atoms with Crippen molar-refractivity contribution in [3.05, 3.63) is 141 Å². The Morgan fingerprint density at radius 2 is 1.21 bits per heavy atom. The maximum Gasteiger partial charge on any atom is 0.338 e. The Labute approximate surface area is 237 Å². The molecule has 1 aromatic heterocycles. The number of aromatic nitrogens is 2. The second-order valence-corrected chi connectivity index (χ2v) is 9.15. The zero-order valence-electron chi connectivity index (χ0n) is 21.8. The van der Waals surface area contributed by atoms with E-state index in [0.717, 1.165) is 0 Å². The summed E-state index contributed by atoms with van der Waals surface area (Å²) in [5.41, 5.74) is -1.84. The van der Waals surface area contributed by atoms with Gasteiger partial charge in [-0.3, -0.25) is 14.3 Å². The molecule has 0 bridgehead atoms. The molecule has 0 amide bonds. The summed E-state index contributed by atoms with van der Waals surface area (Å²) >= 11 is 0. The molecule has 0 radical (unpaired) electrons. The zero-order chi connectivity index (χ0) is 29.6. The predicted octanol–water partition coefficient (Wildman–Crippen LogP) is 2.88. The highest BCUT2D eigenvalue weighted by Crippen LogP contribution is 2.34. The number of carbonyl (C=O) groups is 3. The first-order valence-electron chi connectivity index (χ1n) is 12.7. The van der Waals surface area contributed by atoms with Gasteiger partial charge in [-0.2, -0.15) is 4.39 Å². The minimum Gasteiger partial charge on any atom is -0.459 e. The van der Waals surface area contributed by atoms with Crippen molar-refractivity contribution in [2.24, 2.45) is 0 Å². The van der Waals surface area contributed by atoms with Crippen molar-refractivity contribution in [2.45, 2.75) is 24.5 Å². The third kappa shape index (κ3) is 6.18. The minimum atomic E-state index is -1.59. The van der Waals surface area contributed by atoms with E-state index in [-0.39, 0.29) is 16.7 Å². The third-order valence-corrected chi connectivity index (χ3v) is 6.38. The van der Waals surface area contributed by atoms with Crippen LogP contribution < -0.4 is 11.2 Å². The summed E-state index contributed by atoms with van der Waals surface area (Å²) in [5, 5.41) is 0. The molecule has 2 heterocycles. The fourth-order valence-corrected chi connectivity index (χ4v) is 4.33. The van der Waals surface area contributed by atoms with Crippen LogP contribution in [-0.4, -0.2) is 52.4 Å². The van der Waals surface area contributed by atoms with Gasteiger partial charge in [-0.25, -0.2) is 19.2 Å². The average molecular weight is 575 g/mol. The maximum atomic E-state index is 14.3. The molecule has 1 fully saturated rings. The van der Waals surface area contributed by atoms with Crippen LogP contribution in [0.4, 0.5) is 4.39 Å². The van der Waals surface area contributed by atoms with E-state index in [1.54, 1.807) is 54.6 Å². The van der Waals surface area contributed by atoms with Gasteiger partial charge in [0.2, 0.25) is 5.82 Å². The van der Waals surface area contributed by atoms with E-state index in [0.29, 0.717) is 10.8 Å². The number of rotatable bonds is 8. The topological polar surface area (TPSA) is 143 Å². The van der Waals surface area contributed by atoms with Crippen LogP contribution in [0, 0.1) is 5.82 Å². The lowest BCUT2D eigenvalue weighted by Crippen LogP contribution is -2.43. The van der Waals surface area contributed by atoms with Gasteiger partial charge in [0.05, 0.1) is 22.9 Å². The smallest absolute Gasteiger partial charge is 0.338 e. The number of nitrogens with one attached hydrogen (secondary N) is 1. The molecule has 0 spiro atoms. The summed E-state index contributed by atoms with van der Waals surface area (Å²) in [4.78, 5) is 65.1. The van der Waals surface area contributed by atoms with Crippen LogP contribution in [0.2, 0.25) is 0 Å². The number of hydrogen-bond acceptors (Lipinski definition) is 9. The molecule has 1 saturated heterocycles. The Kier molecular flexibility index (Phi) is 8.34. The largest absolute Gasteiger partial charge is 0.459 e. The number of H-pyrrole nitrogens is 1. The molecule has 0 unspecified atom stereocenters. The lowest BCUT2D eigenvalue weighted by molar-refractivity contribution is -0.0643. The van der Waals surface area contributed by atoms with Crippen molar-refractivity contribution in [3.8, 4) is 0 Å². The van der Waals surface area contributed by atoms with Crippen LogP contribution >= 0.6 is 0 Å². The molecule has 214 valence electrons. The van der Waals surface area contributed by atoms with E-state index < -0.39 is 66.1 Å². The highest BCUT2D eigenvalue weighted by atomic mass is 19.1. The molecular weight excluding hydrogens is 551 g/mol. The SMILES string of the molecule is O=C(OC[C@H]1O[C@@H](n2cc(F)c(=O)[nH]c2=O)[C@@H](OC(=O)c2ccccc2)[C@@H]1OC(=O)c1ccccc1)c1ccccc1. The van der Waals surface area contributed by atoms with Crippen LogP contribution in [0.5, 0.6) is 0 Å². The monoisotopic (exact) mass is 574 g/mol. The minimum absolute atomic E-state index is 0.128. The molecule has 42 heavy (non-hydrogen) atoms. The number of esters is 3. The summed E-state index contributed by atoms with van der Waals surface area (Å²) in [6.45, 7) is -0.503. The van der Waals surface area contributed by atoms with Gasteiger partial charge in [0, 0.05) is 0 Å². The van der Waals surface area contributed by atoms with Gasteiger partial charge in [-0.15, -0.1) is 0 Å². The number of halogens is 1. The second kappa shape index (κ2) is 12.4. The Hall–Kier alpha value is -5.36. The third-order valence-electron chi connectivity index (χ3n) is 6.38. The first kappa shape index (κ1) is 28.2. The molecule has 5 rings (SSSR count). The molecule has 3 aromatic carbocycles. The Morgan fingerprint density at radius 1 is 0.738 bits per heavy atom. The zero-order valence-corrected chi connectivity index (χ0v) is 21.8. The van der Waals surface area contributed by atoms with Gasteiger partial charge >= 0.3 is 23.6 Å². The van der Waals surface area contributed by atoms with Crippen LogP contribution in [0.3, 0.4) is 0 Å². The van der Waals surface area contributed by atoms with Crippen molar-refractivity contribution in [2.75, 3.05) is 6.61 Å². The number of nitrogens with zero attached hydrogens (tertiary/aromatic N) is 1. The number of hydrogen-bond donors (Lipinski definition) is 1. The molecule has 1 N–H and O–H groups in total. The molecule has 4 aromatic rings. The fraction of sp³-hybridized carbons (Fsp3) is 0.167. The number of aromatic amines is 1. The van der Waals surface area contributed by atoms with Crippen LogP contribution in [-0.2, 0) is 18.9 Å². The lowest BCUT2D eigenvalue weighted by Gasteiger charge is -2.25. The molecule has 0 saturated carbocycles. The van der Waals surface area contributed by atoms with E-state index in [1.807, 2.05) is 4.98 Å². The quantitative estimate of drug-likeness (QED) is 0.248. The highest BCUT2D eigenvalue weighted by molar-refractivity contribution is 5.91. The van der Waals surface area contributed by atoms with Gasteiger partial charge in [-0.05, 0) is 36.4 Å². The van der Waals surface area contributed by atoms with Crippen LogP contribution in [0.25, 0.3) is 0 Å². The van der Waals surface area contributed by atoms with Crippen molar-refractivity contribution < 1.29 is 37.7 Å². The van der Waals surface area contributed by atoms with E-state index in [1.165, 1.54) is 36.4 Å². The Morgan fingerprint density at radius 3 is 1.74 bits per heavy atom. The summed E-state index contributed by atoms with van der Waals surface area (Å²) in [5.74, 6) is -3.73. The Balaban J connectivity index is 1.52. The Bertz CT molecular complexity index is 1690. The van der Waals surface area contributed by atoms with Gasteiger partial charge in [0.25, 0.3) is 5.56 Å². The normalized spacial score (nSPS) is 19.5.